The number of para-hydroxylation sites is 1. The first-order valence-corrected chi connectivity index (χ1v) is 8.37. The highest BCUT2D eigenvalue weighted by Crippen LogP contribution is 2.53. The molecule has 1 aliphatic rings. The summed E-state index contributed by atoms with van der Waals surface area (Å²) in [5, 5.41) is 9.98. The predicted molar refractivity (Wildman–Crippen MR) is 95.2 cm³/mol. The average Bonchev–Trinajstić information content (AvgIpc) is 2.99. The summed E-state index contributed by atoms with van der Waals surface area (Å²) in [5.74, 6) is 1.09. The normalized spacial score (nSPS) is 15.0. The van der Waals surface area contributed by atoms with Crippen LogP contribution in [0.2, 0.25) is 0 Å². The van der Waals surface area contributed by atoms with E-state index in [4.69, 9.17) is 16.2 Å². The lowest BCUT2D eigenvalue weighted by molar-refractivity contribution is 0.441. The summed E-state index contributed by atoms with van der Waals surface area (Å²) in [4.78, 5) is 8.64. The fourth-order valence-electron chi connectivity index (χ4n) is 2.81. The number of fused-ring (bicyclic) bond motifs is 2. The highest BCUT2D eigenvalue weighted by atomic mass is 32.2. The Morgan fingerprint density at radius 2 is 2.12 bits per heavy atom. The maximum atomic E-state index is 9.37. The number of aromatic nitrogens is 3. The van der Waals surface area contributed by atoms with Crippen molar-refractivity contribution in [3.63, 3.8) is 0 Å². The van der Waals surface area contributed by atoms with Gasteiger partial charge in [-0.15, -0.1) is 0 Å². The largest absolute Gasteiger partial charge is 0.438 e. The summed E-state index contributed by atoms with van der Waals surface area (Å²) >= 11 is 1.52. The number of rotatable bonds is 2. The highest BCUT2D eigenvalue weighted by molar-refractivity contribution is 7.99. The van der Waals surface area contributed by atoms with Crippen LogP contribution in [0.1, 0.15) is 21.9 Å². The van der Waals surface area contributed by atoms with E-state index in [-0.39, 0.29) is 16.6 Å². The topological polar surface area (TPSA) is 116 Å². The van der Waals surface area contributed by atoms with Gasteiger partial charge in [0.15, 0.2) is 5.16 Å². The molecule has 0 saturated heterocycles. The Morgan fingerprint density at radius 1 is 1.32 bits per heavy atom. The third kappa shape index (κ3) is 2.37. The fourth-order valence-corrected chi connectivity index (χ4v) is 4.03. The first kappa shape index (κ1) is 15.4. The second kappa shape index (κ2) is 5.72. The second-order valence-electron chi connectivity index (χ2n) is 5.57. The monoisotopic (exact) mass is 350 g/mol. The van der Waals surface area contributed by atoms with E-state index < -0.39 is 0 Å². The number of pyridine rings is 1. The molecular formula is C17H14N6OS. The van der Waals surface area contributed by atoms with E-state index in [2.05, 4.69) is 9.97 Å². The maximum Gasteiger partial charge on any atom is 0.228 e. The predicted octanol–water partition coefficient (Wildman–Crippen LogP) is 2.84. The lowest BCUT2D eigenvalue weighted by atomic mass is 9.98. The molecule has 1 aromatic carbocycles. The summed E-state index contributed by atoms with van der Waals surface area (Å²) in [6.45, 7) is 0. The number of imidazole rings is 1. The molecule has 1 unspecified atom stereocenters. The van der Waals surface area contributed by atoms with E-state index in [1.807, 2.05) is 48.1 Å². The van der Waals surface area contributed by atoms with Gasteiger partial charge < -0.3 is 20.8 Å². The molecule has 0 spiro atoms. The van der Waals surface area contributed by atoms with E-state index in [0.29, 0.717) is 22.9 Å². The van der Waals surface area contributed by atoms with Crippen LogP contribution >= 0.6 is 11.8 Å². The van der Waals surface area contributed by atoms with Crippen LogP contribution in [0.25, 0.3) is 0 Å². The van der Waals surface area contributed by atoms with Gasteiger partial charge in [0, 0.05) is 25.0 Å². The van der Waals surface area contributed by atoms with Gasteiger partial charge in [-0.05, 0) is 6.07 Å². The number of hydrogen-bond acceptors (Lipinski definition) is 7. The number of benzene rings is 1. The van der Waals surface area contributed by atoms with E-state index in [1.54, 1.807) is 6.20 Å². The van der Waals surface area contributed by atoms with Crippen LogP contribution in [0.5, 0.6) is 11.6 Å². The van der Waals surface area contributed by atoms with Crippen molar-refractivity contribution in [3.05, 3.63) is 53.3 Å². The van der Waals surface area contributed by atoms with Gasteiger partial charge in [-0.3, -0.25) is 0 Å². The summed E-state index contributed by atoms with van der Waals surface area (Å²) in [7, 11) is 1.92. The summed E-state index contributed by atoms with van der Waals surface area (Å²) in [6.07, 6.45) is 3.61. The Bertz CT molecular complexity index is 1020. The molecule has 3 heterocycles. The van der Waals surface area contributed by atoms with Gasteiger partial charge >= 0.3 is 0 Å². The zero-order valence-corrected chi connectivity index (χ0v) is 14.1. The number of nitriles is 1. The van der Waals surface area contributed by atoms with Crippen molar-refractivity contribution in [1.82, 2.24) is 14.5 Å². The Balaban J connectivity index is 1.94. The van der Waals surface area contributed by atoms with Crippen molar-refractivity contribution in [2.24, 2.45) is 7.05 Å². The summed E-state index contributed by atoms with van der Waals surface area (Å²) < 4.78 is 7.82. The van der Waals surface area contributed by atoms with Crippen LogP contribution in [0.3, 0.4) is 0 Å². The molecule has 4 rings (SSSR count). The number of nitrogens with zero attached hydrogens (tertiary/aromatic N) is 4. The van der Waals surface area contributed by atoms with Crippen molar-refractivity contribution in [2.75, 3.05) is 11.5 Å². The lowest BCUT2D eigenvalue weighted by Gasteiger charge is -2.28. The first-order valence-electron chi connectivity index (χ1n) is 7.50. The molecular weight excluding hydrogens is 336 g/mol. The van der Waals surface area contributed by atoms with Crippen LogP contribution in [-0.4, -0.2) is 14.5 Å². The van der Waals surface area contributed by atoms with E-state index in [9.17, 15) is 5.26 Å². The van der Waals surface area contributed by atoms with Crippen LogP contribution in [0, 0.1) is 11.3 Å². The summed E-state index contributed by atoms with van der Waals surface area (Å²) in [6, 6.07) is 9.70. The van der Waals surface area contributed by atoms with Crippen molar-refractivity contribution in [3.8, 4) is 17.7 Å². The average molecular weight is 350 g/mol. The molecule has 0 radical (unpaired) electrons. The molecule has 1 aliphatic heterocycles. The Labute approximate surface area is 148 Å². The molecule has 124 valence electrons. The Kier molecular flexibility index (Phi) is 3.51. The van der Waals surface area contributed by atoms with Crippen molar-refractivity contribution in [1.29, 1.82) is 5.26 Å². The number of nitrogens with two attached hydrogens (primary N) is 2. The number of ether oxygens (including phenoxy) is 1. The second-order valence-corrected chi connectivity index (χ2v) is 6.65. The third-order valence-electron chi connectivity index (χ3n) is 4.05. The molecule has 0 amide bonds. The van der Waals surface area contributed by atoms with E-state index in [0.717, 1.165) is 10.7 Å². The quantitative estimate of drug-likeness (QED) is 0.730. The number of aryl methyl sites for hydroxylation is 1. The zero-order chi connectivity index (χ0) is 17.6. The van der Waals surface area contributed by atoms with Crippen LogP contribution in [-0.2, 0) is 7.05 Å². The minimum Gasteiger partial charge on any atom is -0.438 e. The smallest absolute Gasteiger partial charge is 0.228 e. The highest BCUT2D eigenvalue weighted by Gasteiger charge is 2.34. The van der Waals surface area contributed by atoms with Crippen LogP contribution in [0.4, 0.5) is 11.5 Å². The molecule has 8 heteroatoms. The van der Waals surface area contributed by atoms with Crippen molar-refractivity contribution < 1.29 is 4.74 Å². The molecule has 1 atom stereocenters. The first-order chi connectivity index (χ1) is 12.1. The molecule has 25 heavy (non-hydrogen) atoms. The number of anilines is 2. The van der Waals surface area contributed by atoms with Crippen molar-refractivity contribution in [2.45, 2.75) is 10.4 Å². The van der Waals surface area contributed by atoms with Gasteiger partial charge in [-0.25, -0.2) is 4.98 Å². The fraction of sp³-hybridized carbons (Fsp3) is 0.118. The SMILES string of the molecule is Cn1ccnc1SC1c2ccccc2Oc2nc(N)c(C#N)c(N)c21. The number of thioether (sulfide) groups is 1. The van der Waals surface area contributed by atoms with Crippen LogP contribution in [0.15, 0.2) is 41.8 Å². The molecule has 0 fully saturated rings. The van der Waals surface area contributed by atoms with Gasteiger partial charge in [-0.1, -0.05) is 30.0 Å². The molecule has 7 nitrogen and oxygen atoms in total. The standard InChI is InChI=1S/C17H14N6OS/c1-23-7-6-21-17(23)25-14-9-4-2-3-5-11(9)24-16-12(14)13(19)10(8-18)15(20)22-16/h2-7,14H,1H3,(H4,19,20,22). The molecule has 3 aromatic rings. The van der Waals surface area contributed by atoms with Gasteiger partial charge in [0.05, 0.1) is 16.5 Å². The lowest BCUT2D eigenvalue weighted by Crippen LogP contribution is -2.15. The maximum absolute atomic E-state index is 9.37. The van der Waals surface area contributed by atoms with Crippen LogP contribution < -0.4 is 16.2 Å². The van der Waals surface area contributed by atoms with Gasteiger partial charge in [-0.2, -0.15) is 10.2 Å². The minimum absolute atomic E-state index is 0.0684. The molecule has 0 bridgehead atoms. The molecule has 0 aliphatic carbocycles. The molecule has 2 aromatic heterocycles. The van der Waals surface area contributed by atoms with Gasteiger partial charge in [0.1, 0.15) is 23.2 Å². The number of nitrogen functional groups attached to an aromatic ring is 2. The van der Waals surface area contributed by atoms with Crippen molar-refractivity contribution >= 4 is 23.3 Å². The Hall–Kier alpha value is -3.18. The third-order valence-corrected chi connectivity index (χ3v) is 5.38. The van der Waals surface area contributed by atoms with E-state index in [1.165, 1.54) is 11.8 Å². The molecule has 0 saturated carbocycles. The number of hydrogen-bond donors (Lipinski definition) is 2. The summed E-state index contributed by atoms with van der Waals surface area (Å²) in [5.41, 5.74) is 14.2. The molecule has 4 N–H and O–H groups in total. The van der Waals surface area contributed by atoms with E-state index >= 15 is 0 Å². The van der Waals surface area contributed by atoms with Gasteiger partial charge in [0.2, 0.25) is 5.88 Å². The van der Waals surface area contributed by atoms with Gasteiger partial charge in [0.25, 0.3) is 0 Å². The Morgan fingerprint density at radius 3 is 2.84 bits per heavy atom. The zero-order valence-electron chi connectivity index (χ0n) is 13.3. The minimum atomic E-state index is -0.207.